The summed E-state index contributed by atoms with van der Waals surface area (Å²) in [5.41, 5.74) is 9.44. The van der Waals surface area contributed by atoms with E-state index < -0.39 is 5.91 Å². The molecule has 7 heteroatoms. The molecule has 0 bridgehead atoms. The van der Waals surface area contributed by atoms with E-state index in [1.165, 1.54) is 16.3 Å². The van der Waals surface area contributed by atoms with Gasteiger partial charge in [0.15, 0.2) is 0 Å². The van der Waals surface area contributed by atoms with Crippen molar-refractivity contribution in [2.75, 3.05) is 10.6 Å². The van der Waals surface area contributed by atoms with Gasteiger partial charge in [0.05, 0.1) is 11.3 Å². The number of carbonyl (C=O) groups excluding carboxylic acids is 2. The molecule has 2 aromatic heterocycles. The third-order valence-electron chi connectivity index (χ3n) is 4.88. The molecule has 31 heavy (non-hydrogen) atoms. The van der Waals surface area contributed by atoms with Crippen molar-refractivity contribution in [1.29, 1.82) is 0 Å². The molecule has 2 heterocycles. The molecule has 6 nitrogen and oxygen atoms in total. The summed E-state index contributed by atoms with van der Waals surface area (Å²) in [5, 5.41) is 9.83. The van der Waals surface area contributed by atoms with Crippen molar-refractivity contribution in [3.63, 3.8) is 0 Å². The smallest absolute Gasteiger partial charge is 0.252 e. The van der Waals surface area contributed by atoms with E-state index in [0.29, 0.717) is 30.0 Å². The van der Waals surface area contributed by atoms with E-state index in [-0.39, 0.29) is 5.78 Å². The summed E-state index contributed by atoms with van der Waals surface area (Å²) in [7, 11) is 0. The molecule has 0 aliphatic rings. The van der Waals surface area contributed by atoms with Crippen LogP contribution in [0, 0.1) is 0 Å². The first kappa shape index (κ1) is 20.6. The molecule has 156 valence electrons. The van der Waals surface area contributed by atoms with E-state index in [1.807, 2.05) is 30.3 Å². The Hall–Kier alpha value is -3.71. The number of hydrogen-bond acceptors (Lipinski definition) is 6. The third kappa shape index (κ3) is 4.90. The predicted octanol–water partition coefficient (Wildman–Crippen LogP) is 4.88. The first-order valence-corrected chi connectivity index (χ1v) is 10.7. The number of fused-ring (bicyclic) bond motifs is 1. The molecule has 0 unspecified atom stereocenters. The number of ketones is 1. The quantitative estimate of drug-likeness (QED) is 0.370. The van der Waals surface area contributed by atoms with Gasteiger partial charge in [0, 0.05) is 35.6 Å². The molecule has 1 amide bonds. The van der Waals surface area contributed by atoms with E-state index in [2.05, 4.69) is 39.2 Å². The zero-order valence-electron chi connectivity index (χ0n) is 17.0. The number of anilines is 3. The van der Waals surface area contributed by atoms with E-state index in [0.717, 1.165) is 16.8 Å². The second kappa shape index (κ2) is 8.97. The zero-order chi connectivity index (χ0) is 21.8. The average molecular weight is 431 g/mol. The second-order valence-electron chi connectivity index (χ2n) is 7.29. The lowest BCUT2D eigenvalue weighted by atomic mass is 10.1. The topological polar surface area (TPSA) is 97.1 Å². The summed E-state index contributed by atoms with van der Waals surface area (Å²) in [4.78, 5) is 27.5. The normalized spacial score (nSPS) is 10.7. The summed E-state index contributed by atoms with van der Waals surface area (Å²) < 4.78 is 1.22. The second-order valence-corrected chi connectivity index (χ2v) is 8.21. The molecule has 0 aliphatic heterocycles. The van der Waals surface area contributed by atoms with Gasteiger partial charge in [-0.2, -0.15) is 0 Å². The van der Waals surface area contributed by atoms with Gasteiger partial charge in [-0.1, -0.05) is 30.3 Å². The molecule has 4 N–H and O–H groups in total. The third-order valence-corrected chi connectivity index (χ3v) is 5.88. The summed E-state index contributed by atoms with van der Waals surface area (Å²) in [6.07, 6.45) is 1.89. The Bertz CT molecular complexity index is 1250. The molecule has 0 fully saturated rings. The van der Waals surface area contributed by atoms with Crippen molar-refractivity contribution >= 4 is 50.3 Å². The number of pyridine rings is 1. The highest BCUT2D eigenvalue weighted by atomic mass is 32.1. The lowest BCUT2D eigenvalue weighted by Gasteiger charge is -2.13. The maximum absolute atomic E-state index is 11.9. The number of nitrogens with zero attached hydrogens (tertiary/aromatic N) is 1. The molecule has 2 aromatic carbocycles. The Morgan fingerprint density at radius 2 is 1.90 bits per heavy atom. The van der Waals surface area contributed by atoms with E-state index in [1.54, 1.807) is 24.3 Å². The highest BCUT2D eigenvalue weighted by molar-refractivity contribution is 7.17. The van der Waals surface area contributed by atoms with E-state index >= 15 is 0 Å². The summed E-state index contributed by atoms with van der Waals surface area (Å²) >= 11 is 1.69. The summed E-state index contributed by atoms with van der Waals surface area (Å²) in [6, 6.07) is 17.6. The van der Waals surface area contributed by atoms with Crippen molar-refractivity contribution < 1.29 is 9.59 Å². The maximum atomic E-state index is 11.9. The van der Waals surface area contributed by atoms with Crippen LogP contribution in [0.25, 0.3) is 10.1 Å². The summed E-state index contributed by atoms with van der Waals surface area (Å²) in [5.74, 6) is 0.170. The van der Waals surface area contributed by atoms with Crippen molar-refractivity contribution in [3.8, 4) is 0 Å². The fourth-order valence-electron chi connectivity index (χ4n) is 3.39. The first-order chi connectivity index (χ1) is 15.0. The number of rotatable bonds is 8. The minimum atomic E-state index is -0.538. The van der Waals surface area contributed by atoms with Crippen LogP contribution in [0.4, 0.5) is 17.2 Å². The van der Waals surface area contributed by atoms with Gasteiger partial charge in [0.1, 0.15) is 11.6 Å². The monoisotopic (exact) mass is 430 g/mol. The Labute approximate surface area is 184 Å². The van der Waals surface area contributed by atoms with Crippen molar-refractivity contribution in [2.24, 2.45) is 5.73 Å². The number of carbonyl (C=O) groups is 2. The van der Waals surface area contributed by atoms with Gasteiger partial charge in [-0.05, 0) is 47.0 Å². The molecular formula is C24H22N4O2S. The molecule has 4 rings (SSSR count). The molecule has 0 radical (unpaired) electrons. The highest BCUT2D eigenvalue weighted by Gasteiger charge is 2.12. The van der Waals surface area contributed by atoms with Crippen LogP contribution < -0.4 is 16.4 Å². The van der Waals surface area contributed by atoms with Crippen LogP contribution in [-0.4, -0.2) is 16.7 Å². The Morgan fingerprint density at radius 1 is 1.10 bits per heavy atom. The molecule has 0 saturated heterocycles. The average Bonchev–Trinajstić information content (AvgIpc) is 3.23. The number of aromatic nitrogens is 1. The molecule has 0 saturated carbocycles. The number of thiophene rings is 1. The van der Waals surface area contributed by atoms with Crippen LogP contribution in [0.15, 0.2) is 66.2 Å². The van der Waals surface area contributed by atoms with Crippen LogP contribution in [-0.2, 0) is 17.8 Å². The predicted molar refractivity (Wildman–Crippen MR) is 126 cm³/mol. The standard InChI is InChI=1S/C24H22N4O2S/c1-15(29)11-16-5-7-19(8-6-16)28-22-12-21(20(14-27-22)24(25)30)26-13-18-4-2-3-17-9-10-31-23(17)18/h2-10,12,14H,11,13H2,1H3,(H2,25,30)(H2,26,27,28). The van der Waals surface area contributed by atoms with Gasteiger partial charge < -0.3 is 16.4 Å². The van der Waals surface area contributed by atoms with Gasteiger partial charge in [-0.3, -0.25) is 9.59 Å². The van der Waals surface area contributed by atoms with Gasteiger partial charge in [-0.25, -0.2) is 4.98 Å². The number of amides is 1. The maximum Gasteiger partial charge on any atom is 0.252 e. The minimum Gasteiger partial charge on any atom is -0.380 e. The van der Waals surface area contributed by atoms with Crippen molar-refractivity contribution in [3.05, 3.63) is 82.9 Å². The Balaban J connectivity index is 1.54. The first-order valence-electron chi connectivity index (χ1n) is 9.84. The zero-order valence-corrected chi connectivity index (χ0v) is 17.8. The SMILES string of the molecule is CC(=O)Cc1ccc(Nc2cc(NCc3cccc4ccsc34)c(C(N)=O)cn2)cc1. The van der Waals surface area contributed by atoms with E-state index in [9.17, 15) is 9.59 Å². The van der Waals surface area contributed by atoms with Crippen LogP contribution in [0.5, 0.6) is 0 Å². The molecule has 0 spiro atoms. The lowest BCUT2D eigenvalue weighted by Crippen LogP contribution is -2.15. The van der Waals surface area contributed by atoms with Crippen molar-refractivity contribution in [1.82, 2.24) is 4.98 Å². The summed E-state index contributed by atoms with van der Waals surface area (Å²) in [6.45, 7) is 2.13. The van der Waals surface area contributed by atoms with Crippen LogP contribution in [0.2, 0.25) is 0 Å². The Morgan fingerprint density at radius 3 is 2.65 bits per heavy atom. The van der Waals surface area contributed by atoms with Gasteiger partial charge in [-0.15, -0.1) is 11.3 Å². The number of Topliss-reactive ketones (excluding diaryl/α,β-unsaturated/α-hetero) is 1. The molecule has 0 aliphatic carbocycles. The Kier molecular flexibility index (Phi) is 5.95. The fraction of sp³-hybridized carbons (Fsp3) is 0.125. The number of nitrogens with one attached hydrogen (secondary N) is 2. The van der Waals surface area contributed by atoms with Gasteiger partial charge in [0.25, 0.3) is 5.91 Å². The highest BCUT2D eigenvalue weighted by Crippen LogP contribution is 2.27. The van der Waals surface area contributed by atoms with Gasteiger partial charge >= 0.3 is 0 Å². The molecular weight excluding hydrogens is 408 g/mol. The largest absolute Gasteiger partial charge is 0.380 e. The molecule has 4 aromatic rings. The molecule has 0 atom stereocenters. The minimum absolute atomic E-state index is 0.123. The lowest BCUT2D eigenvalue weighted by molar-refractivity contribution is -0.116. The number of benzene rings is 2. The van der Waals surface area contributed by atoms with Gasteiger partial charge in [0.2, 0.25) is 0 Å². The van der Waals surface area contributed by atoms with Crippen LogP contribution in [0.3, 0.4) is 0 Å². The fourth-order valence-corrected chi connectivity index (χ4v) is 4.31. The van der Waals surface area contributed by atoms with Crippen molar-refractivity contribution in [2.45, 2.75) is 19.9 Å². The number of nitrogens with two attached hydrogens (primary N) is 1. The van der Waals surface area contributed by atoms with E-state index in [4.69, 9.17) is 5.73 Å². The number of primary amides is 1. The van der Waals surface area contributed by atoms with Crippen LogP contribution in [0.1, 0.15) is 28.4 Å². The van der Waals surface area contributed by atoms with Crippen LogP contribution >= 0.6 is 11.3 Å². The number of hydrogen-bond donors (Lipinski definition) is 3.